The number of hydrogen-bond acceptors (Lipinski definition) is 4. The van der Waals surface area contributed by atoms with Crippen molar-refractivity contribution in [1.29, 1.82) is 0 Å². The minimum atomic E-state index is -0.179. The highest BCUT2D eigenvalue weighted by molar-refractivity contribution is 6.04. The van der Waals surface area contributed by atoms with Gasteiger partial charge in [0.2, 0.25) is 0 Å². The number of hydrogen-bond donors (Lipinski definition) is 3. The first-order valence-corrected chi connectivity index (χ1v) is 6.41. The van der Waals surface area contributed by atoms with E-state index in [1.54, 1.807) is 36.7 Å². The van der Waals surface area contributed by atoms with E-state index in [0.29, 0.717) is 17.8 Å². The van der Waals surface area contributed by atoms with Gasteiger partial charge in [-0.1, -0.05) is 6.07 Å². The first-order valence-electron chi connectivity index (χ1n) is 6.41. The van der Waals surface area contributed by atoms with Crippen molar-refractivity contribution in [3.05, 3.63) is 59.4 Å². The molecule has 0 aliphatic heterocycles. The van der Waals surface area contributed by atoms with E-state index in [9.17, 15) is 4.79 Å². The van der Waals surface area contributed by atoms with Gasteiger partial charge in [-0.2, -0.15) is 0 Å². The van der Waals surface area contributed by atoms with Crippen LogP contribution in [0.4, 0.5) is 5.69 Å². The van der Waals surface area contributed by atoms with Gasteiger partial charge in [0.05, 0.1) is 0 Å². The van der Waals surface area contributed by atoms with Crippen LogP contribution in [0.2, 0.25) is 0 Å². The molecule has 1 unspecified atom stereocenters. The molecule has 20 heavy (non-hydrogen) atoms. The summed E-state index contributed by atoms with van der Waals surface area (Å²) in [4.78, 5) is 16.1. The molecule has 0 saturated heterocycles. The average molecular weight is 270 g/mol. The molecule has 5 N–H and O–H groups in total. The van der Waals surface area contributed by atoms with Gasteiger partial charge in [-0.15, -0.1) is 0 Å². The summed E-state index contributed by atoms with van der Waals surface area (Å²) in [5, 5.41) is 2.81. The number of nitrogens with two attached hydrogens (primary N) is 2. The van der Waals surface area contributed by atoms with E-state index < -0.39 is 0 Å². The Hall–Kier alpha value is -2.24. The molecule has 0 radical (unpaired) electrons. The molecule has 1 amide bonds. The summed E-state index contributed by atoms with van der Waals surface area (Å²) >= 11 is 0. The van der Waals surface area contributed by atoms with E-state index >= 15 is 0 Å². The summed E-state index contributed by atoms with van der Waals surface area (Å²) in [6.07, 6.45) is 3.25. The Morgan fingerprint density at radius 2 is 2.00 bits per heavy atom. The number of anilines is 1. The highest BCUT2D eigenvalue weighted by atomic mass is 16.1. The van der Waals surface area contributed by atoms with Gasteiger partial charge in [-0.25, -0.2) is 0 Å². The molecule has 1 heterocycles. The molecule has 104 valence electrons. The fourth-order valence-corrected chi connectivity index (χ4v) is 2.01. The molecule has 0 bridgehead atoms. The number of aromatic nitrogens is 1. The van der Waals surface area contributed by atoms with Crippen molar-refractivity contribution in [3.63, 3.8) is 0 Å². The van der Waals surface area contributed by atoms with Crippen molar-refractivity contribution in [2.24, 2.45) is 11.5 Å². The number of carbonyl (C=O) groups is 1. The van der Waals surface area contributed by atoms with E-state index in [1.165, 1.54) is 0 Å². The van der Waals surface area contributed by atoms with E-state index in [-0.39, 0.29) is 11.9 Å². The molecular weight excluding hydrogens is 252 g/mol. The van der Waals surface area contributed by atoms with Crippen LogP contribution in [0.5, 0.6) is 0 Å². The van der Waals surface area contributed by atoms with Crippen LogP contribution in [-0.2, 0) is 6.54 Å². The Bertz CT molecular complexity index is 596. The number of nitrogens with zero attached hydrogens (tertiary/aromatic N) is 1. The molecule has 2 aromatic rings. The molecule has 0 aliphatic rings. The molecular formula is C15H18N4O. The minimum Gasteiger partial charge on any atom is -0.326 e. The van der Waals surface area contributed by atoms with Crippen molar-refractivity contribution in [2.75, 3.05) is 5.32 Å². The maximum atomic E-state index is 12.2. The van der Waals surface area contributed by atoms with Gasteiger partial charge in [0.15, 0.2) is 0 Å². The lowest BCUT2D eigenvalue weighted by Crippen LogP contribution is -2.15. The summed E-state index contributed by atoms with van der Waals surface area (Å²) in [6.45, 7) is 2.25. The average Bonchev–Trinajstić information content (AvgIpc) is 2.47. The molecule has 0 saturated carbocycles. The summed E-state index contributed by atoms with van der Waals surface area (Å²) < 4.78 is 0. The van der Waals surface area contributed by atoms with E-state index in [4.69, 9.17) is 11.5 Å². The molecule has 0 spiro atoms. The molecule has 2 rings (SSSR count). The number of carbonyl (C=O) groups excluding carboxylic acids is 1. The highest BCUT2D eigenvalue weighted by Gasteiger charge is 2.11. The van der Waals surface area contributed by atoms with Crippen LogP contribution < -0.4 is 16.8 Å². The second kappa shape index (κ2) is 6.27. The van der Waals surface area contributed by atoms with Crippen LogP contribution in [0.15, 0.2) is 42.7 Å². The lowest BCUT2D eigenvalue weighted by molar-refractivity contribution is 0.102. The van der Waals surface area contributed by atoms with Crippen molar-refractivity contribution in [3.8, 4) is 0 Å². The summed E-state index contributed by atoms with van der Waals surface area (Å²) in [6, 6.07) is 8.76. The fraction of sp³-hybridized carbons (Fsp3) is 0.200. The van der Waals surface area contributed by atoms with Gasteiger partial charge in [0, 0.05) is 36.2 Å². The highest BCUT2D eigenvalue weighted by Crippen LogP contribution is 2.18. The minimum absolute atomic E-state index is 0.106. The number of rotatable bonds is 4. The lowest BCUT2D eigenvalue weighted by Gasteiger charge is -2.13. The third-order valence-electron chi connectivity index (χ3n) is 3.05. The SMILES string of the molecule is CC(N)c1ccc(C(=O)Nc2ccncc2)cc1CN. The zero-order chi connectivity index (χ0) is 14.5. The standard InChI is InChI=1S/C15H18N4O/c1-10(17)14-3-2-11(8-12(14)9-16)15(20)19-13-4-6-18-7-5-13/h2-8,10H,9,16-17H2,1H3,(H,18,19,20). The molecule has 1 aromatic heterocycles. The van der Waals surface area contributed by atoms with Crippen LogP contribution in [0.25, 0.3) is 0 Å². The number of pyridine rings is 1. The summed E-state index contributed by atoms with van der Waals surface area (Å²) in [5.41, 5.74) is 14.7. The monoisotopic (exact) mass is 270 g/mol. The summed E-state index contributed by atoms with van der Waals surface area (Å²) in [7, 11) is 0. The van der Waals surface area contributed by atoms with Gasteiger partial charge < -0.3 is 16.8 Å². The van der Waals surface area contributed by atoms with E-state index in [0.717, 1.165) is 11.1 Å². The fourth-order valence-electron chi connectivity index (χ4n) is 2.01. The van der Waals surface area contributed by atoms with Crippen molar-refractivity contribution in [1.82, 2.24) is 4.98 Å². The second-order valence-corrected chi connectivity index (χ2v) is 4.60. The third-order valence-corrected chi connectivity index (χ3v) is 3.05. The molecule has 1 aromatic carbocycles. The lowest BCUT2D eigenvalue weighted by atomic mass is 9.99. The van der Waals surface area contributed by atoms with Gasteiger partial charge >= 0.3 is 0 Å². The number of amides is 1. The first-order chi connectivity index (χ1) is 9.61. The molecule has 5 heteroatoms. The Morgan fingerprint density at radius 1 is 1.30 bits per heavy atom. The zero-order valence-corrected chi connectivity index (χ0v) is 11.3. The second-order valence-electron chi connectivity index (χ2n) is 4.60. The molecule has 1 atom stereocenters. The summed E-state index contributed by atoms with van der Waals surface area (Å²) in [5.74, 6) is -0.179. The van der Waals surface area contributed by atoms with Crippen LogP contribution in [0, 0.1) is 0 Å². The quantitative estimate of drug-likeness (QED) is 0.789. The Morgan fingerprint density at radius 3 is 2.60 bits per heavy atom. The largest absolute Gasteiger partial charge is 0.326 e. The zero-order valence-electron chi connectivity index (χ0n) is 11.3. The van der Waals surface area contributed by atoms with Crippen LogP contribution in [0.1, 0.15) is 34.5 Å². The maximum Gasteiger partial charge on any atom is 0.255 e. The Kier molecular flexibility index (Phi) is 4.45. The van der Waals surface area contributed by atoms with Crippen LogP contribution in [-0.4, -0.2) is 10.9 Å². The first kappa shape index (κ1) is 14.2. The topological polar surface area (TPSA) is 94.0 Å². The van der Waals surface area contributed by atoms with E-state index in [2.05, 4.69) is 10.3 Å². The van der Waals surface area contributed by atoms with Crippen LogP contribution >= 0.6 is 0 Å². The molecule has 0 aliphatic carbocycles. The molecule has 0 fully saturated rings. The van der Waals surface area contributed by atoms with Crippen molar-refractivity contribution >= 4 is 11.6 Å². The number of benzene rings is 1. The maximum absolute atomic E-state index is 12.2. The van der Waals surface area contributed by atoms with E-state index in [1.807, 2.05) is 13.0 Å². The predicted octanol–water partition coefficient (Wildman–Crippen LogP) is 1.81. The van der Waals surface area contributed by atoms with Gasteiger partial charge in [0.1, 0.15) is 0 Å². The normalized spacial score (nSPS) is 11.9. The van der Waals surface area contributed by atoms with Crippen LogP contribution in [0.3, 0.4) is 0 Å². The van der Waals surface area contributed by atoms with Gasteiger partial charge in [-0.05, 0) is 42.3 Å². The predicted molar refractivity (Wildman–Crippen MR) is 79.1 cm³/mol. The van der Waals surface area contributed by atoms with Gasteiger partial charge in [-0.3, -0.25) is 9.78 Å². The Labute approximate surface area is 118 Å². The van der Waals surface area contributed by atoms with Gasteiger partial charge in [0.25, 0.3) is 5.91 Å². The number of nitrogens with one attached hydrogen (secondary N) is 1. The Balaban J connectivity index is 2.22. The smallest absolute Gasteiger partial charge is 0.255 e. The van der Waals surface area contributed by atoms with Crippen molar-refractivity contribution in [2.45, 2.75) is 19.5 Å². The van der Waals surface area contributed by atoms with Crippen molar-refractivity contribution < 1.29 is 4.79 Å². The molecule has 5 nitrogen and oxygen atoms in total. The third kappa shape index (κ3) is 3.20.